The van der Waals surface area contributed by atoms with Crippen LogP contribution in [-0.2, 0) is 32.9 Å². The van der Waals surface area contributed by atoms with Gasteiger partial charge in [0.2, 0.25) is 0 Å². The molecule has 0 aliphatic carbocycles. The van der Waals surface area contributed by atoms with Gasteiger partial charge in [-0.2, -0.15) is 0 Å². The van der Waals surface area contributed by atoms with Gasteiger partial charge in [0.05, 0.1) is 18.8 Å². The summed E-state index contributed by atoms with van der Waals surface area (Å²) in [6.45, 7) is 3.60. The Morgan fingerprint density at radius 2 is 1.16 bits per heavy atom. The molecule has 0 radical (unpaired) electrons. The highest BCUT2D eigenvalue weighted by molar-refractivity contribution is 7.46. The SMILES string of the molecule is CCCCCCCCCCCCCCCCC(=O)O[C@H](COC(=O)CCC/C=C\C/C=C\C/C=C\CC1OC1CCCCC)COP(=O)(O)O. The molecule has 0 spiro atoms. The third-order valence-corrected chi connectivity index (χ3v) is 9.32. The number of allylic oxidation sites excluding steroid dienone is 5. The number of carbonyl (C=O) groups is 2. The summed E-state index contributed by atoms with van der Waals surface area (Å²) in [5, 5.41) is 0. The van der Waals surface area contributed by atoms with Crippen molar-refractivity contribution in [2.75, 3.05) is 13.2 Å². The van der Waals surface area contributed by atoms with Crippen LogP contribution in [0.2, 0.25) is 0 Å². The Labute approximate surface area is 304 Å². The van der Waals surface area contributed by atoms with Gasteiger partial charge in [-0.25, -0.2) is 4.57 Å². The molecule has 1 aliphatic rings. The van der Waals surface area contributed by atoms with Crippen LogP contribution in [0.5, 0.6) is 0 Å². The van der Waals surface area contributed by atoms with E-state index in [9.17, 15) is 14.2 Å². The minimum atomic E-state index is -4.76. The molecule has 1 saturated heterocycles. The van der Waals surface area contributed by atoms with Crippen molar-refractivity contribution in [2.45, 2.75) is 193 Å². The topological polar surface area (TPSA) is 132 Å². The summed E-state index contributed by atoms with van der Waals surface area (Å²) in [6, 6.07) is 0. The lowest BCUT2D eigenvalue weighted by Gasteiger charge is -2.18. The zero-order chi connectivity index (χ0) is 36.5. The predicted molar refractivity (Wildman–Crippen MR) is 202 cm³/mol. The summed E-state index contributed by atoms with van der Waals surface area (Å²) >= 11 is 0. The average molecular weight is 727 g/mol. The highest BCUT2D eigenvalue weighted by atomic mass is 31.2. The first-order chi connectivity index (χ1) is 24.2. The van der Waals surface area contributed by atoms with Gasteiger partial charge in [0, 0.05) is 12.8 Å². The molecule has 1 heterocycles. The van der Waals surface area contributed by atoms with Crippen molar-refractivity contribution >= 4 is 19.8 Å². The van der Waals surface area contributed by atoms with E-state index in [-0.39, 0.29) is 19.4 Å². The van der Waals surface area contributed by atoms with Crippen LogP contribution in [0.4, 0.5) is 0 Å². The number of rotatable bonds is 35. The van der Waals surface area contributed by atoms with E-state index in [0.29, 0.717) is 25.0 Å². The van der Waals surface area contributed by atoms with E-state index in [1.807, 2.05) is 6.08 Å². The second-order valence-corrected chi connectivity index (χ2v) is 14.9. The van der Waals surface area contributed by atoms with Gasteiger partial charge in [-0.15, -0.1) is 0 Å². The summed E-state index contributed by atoms with van der Waals surface area (Å²) in [7, 11) is -4.76. The van der Waals surface area contributed by atoms with Gasteiger partial charge in [0.15, 0.2) is 6.10 Å². The highest BCUT2D eigenvalue weighted by Gasteiger charge is 2.36. The number of phosphoric acid groups is 1. The molecule has 1 rings (SSSR count). The smallest absolute Gasteiger partial charge is 0.462 e. The third-order valence-electron chi connectivity index (χ3n) is 8.84. The van der Waals surface area contributed by atoms with Crippen molar-refractivity contribution < 1.29 is 42.7 Å². The summed E-state index contributed by atoms with van der Waals surface area (Å²) in [5.74, 6) is -0.952. The Hall–Kier alpha value is -1.77. The molecule has 1 aliphatic heterocycles. The average Bonchev–Trinajstić information content (AvgIpc) is 3.84. The van der Waals surface area contributed by atoms with Crippen molar-refractivity contribution in [3.63, 3.8) is 0 Å². The van der Waals surface area contributed by atoms with Gasteiger partial charge in [-0.3, -0.25) is 14.1 Å². The van der Waals surface area contributed by atoms with Crippen LogP contribution in [0.3, 0.4) is 0 Å². The highest BCUT2D eigenvalue weighted by Crippen LogP contribution is 2.36. The van der Waals surface area contributed by atoms with Crippen molar-refractivity contribution in [3.05, 3.63) is 36.5 Å². The maximum Gasteiger partial charge on any atom is 0.469 e. The second-order valence-electron chi connectivity index (χ2n) is 13.6. The molecule has 10 heteroatoms. The van der Waals surface area contributed by atoms with E-state index in [1.54, 1.807) is 0 Å². The van der Waals surface area contributed by atoms with Crippen LogP contribution < -0.4 is 0 Å². The van der Waals surface area contributed by atoms with Crippen molar-refractivity contribution in [2.24, 2.45) is 0 Å². The summed E-state index contributed by atoms with van der Waals surface area (Å²) in [6.07, 6.45) is 39.0. The number of esters is 2. The number of carbonyl (C=O) groups excluding carboxylic acids is 2. The Kier molecular flexibility index (Phi) is 29.5. The van der Waals surface area contributed by atoms with E-state index < -0.39 is 32.5 Å². The van der Waals surface area contributed by atoms with Crippen LogP contribution >= 0.6 is 7.82 Å². The fourth-order valence-corrected chi connectivity index (χ4v) is 6.11. The first-order valence-corrected chi connectivity index (χ1v) is 21.4. The Morgan fingerprint density at radius 3 is 1.76 bits per heavy atom. The number of epoxide rings is 1. The maximum absolute atomic E-state index is 12.4. The number of unbranched alkanes of at least 4 members (excludes halogenated alkanes) is 16. The Morgan fingerprint density at radius 1 is 0.640 bits per heavy atom. The van der Waals surface area contributed by atoms with E-state index in [4.69, 9.17) is 24.0 Å². The molecule has 2 N–H and O–H groups in total. The molecule has 0 bridgehead atoms. The normalized spacial score (nSPS) is 16.9. The van der Waals surface area contributed by atoms with Gasteiger partial charge in [-0.1, -0.05) is 153 Å². The summed E-state index contributed by atoms with van der Waals surface area (Å²) < 4.78 is 32.0. The molecule has 2 unspecified atom stereocenters. The monoisotopic (exact) mass is 726 g/mol. The first-order valence-electron chi connectivity index (χ1n) is 19.9. The molecule has 290 valence electrons. The minimum Gasteiger partial charge on any atom is -0.462 e. The van der Waals surface area contributed by atoms with Crippen molar-refractivity contribution in [1.29, 1.82) is 0 Å². The molecular weight excluding hydrogens is 655 g/mol. The van der Waals surface area contributed by atoms with Crippen LogP contribution in [0.25, 0.3) is 0 Å². The largest absolute Gasteiger partial charge is 0.469 e. The maximum atomic E-state index is 12.4. The van der Waals surface area contributed by atoms with Crippen LogP contribution in [-0.4, -0.2) is 53.3 Å². The van der Waals surface area contributed by atoms with Gasteiger partial charge in [0.25, 0.3) is 0 Å². The molecule has 0 aromatic heterocycles. The molecule has 0 aromatic carbocycles. The molecule has 3 atom stereocenters. The number of hydrogen-bond acceptors (Lipinski definition) is 7. The molecular formula is C40H71O9P. The van der Waals surface area contributed by atoms with E-state index in [1.165, 1.54) is 89.9 Å². The van der Waals surface area contributed by atoms with Crippen molar-refractivity contribution in [1.82, 2.24) is 0 Å². The van der Waals surface area contributed by atoms with Gasteiger partial charge in [-0.05, 0) is 44.9 Å². The number of hydrogen-bond donors (Lipinski definition) is 2. The van der Waals surface area contributed by atoms with Crippen molar-refractivity contribution in [3.8, 4) is 0 Å². The van der Waals surface area contributed by atoms with Crippen LogP contribution in [0, 0.1) is 0 Å². The summed E-state index contributed by atoms with van der Waals surface area (Å²) in [4.78, 5) is 42.7. The lowest BCUT2D eigenvalue weighted by Crippen LogP contribution is -2.29. The van der Waals surface area contributed by atoms with Gasteiger partial charge in [0.1, 0.15) is 6.61 Å². The molecule has 50 heavy (non-hydrogen) atoms. The predicted octanol–water partition coefficient (Wildman–Crippen LogP) is 10.8. The fourth-order valence-electron chi connectivity index (χ4n) is 5.75. The Bertz CT molecular complexity index is 974. The van der Waals surface area contributed by atoms with E-state index >= 15 is 0 Å². The molecule has 1 fully saturated rings. The zero-order valence-corrected chi connectivity index (χ0v) is 32.4. The molecule has 0 saturated carbocycles. The quantitative estimate of drug-likeness (QED) is 0.0215. The lowest BCUT2D eigenvalue weighted by atomic mass is 10.0. The molecule has 0 aromatic rings. The standard InChI is InChI=1S/C40H71O9P/c1-3-5-7-8-9-10-11-12-13-14-19-22-25-29-33-40(42)48-36(35-47-50(43,44)45)34-46-39(41)32-28-24-21-18-16-15-17-20-23-27-31-38-37(49-38)30-26-6-4-2/h15,17-18,21,23,27,36-38H,3-14,16,19-20,22,24-26,28-35H2,1-2H3,(H2,43,44,45)/b17-15-,21-18-,27-23-/t36-,37?,38?/m1/s1. The first kappa shape index (κ1) is 46.3. The summed E-state index contributed by atoms with van der Waals surface area (Å²) in [5.41, 5.74) is 0. The van der Waals surface area contributed by atoms with E-state index in [2.05, 4.69) is 48.8 Å². The van der Waals surface area contributed by atoms with E-state index in [0.717, 1.165) is 44.9 Å². The third kappa shape index (κ3) is 31.0. The van der Waals surface area contributed by atoms with Gasteiger partial charge >= 0.3 is 19.8 Å². The fraction of sp³-hybridized carbons (Fsp3) is 0.800. The van der Waals surface area contributed by atoms with Gasteiger partial charge < -0.3 is 24.0 Å². The zero-order valence-electron chi connectivity index (χ0n) is 31.5. The van der Waals surface area contributed by atoms with Crippen LogP contribution in [0.15, 0.2) is 36.5 Å². The molecule has 9 nitrogen and oxygen atoms in total. The molecule has 0 amide bonds. The van der Waals surface area contributed by atoms with Crippen LogP contribution in [0.1, 0.15) is 174 Å². The Balaban J connectivity index is 2.11. The number of phosphoric ester groups is 1. The minimum absolute atomic E-state index is 0.189. The second kappa shape index (κ2) is 31.9. The lowest BCUT2D eigenvalue weighted by molar-refractivity contribution is -0.161. The number of ether oxygens (including phenoxy) is 3.